The van der Waals surface area contributed by atoms with Gasteiger partial charge in [0.15, 0.2) is 5.96 Å². The van der Waals surface area contributed by atoms with Gasteiger partial charge in [0.05, 0.1) is 12.1 Å². The number of hydrogen-bond acceptors (Lipinski definition) is 5. The van der Waals surface area contributed by atoms with E-state index in [0.29, 0.717) is 44.6 Å². The predicted octanol–water partition coefficient (Wildman–Crippen LogP) is 2.85. The van der Waals surface area contributed by atoms with Crippen LogP contribution in [0.25, 0.3) is 0 Å². The Bertz CT molecular complexity index is 593. The first-order chi connectivity index (χ1) is 13.1. The molecular weight excluding hydrogens is 487 g/mol. The summed E-state index contributed by atoms with van der Waals surface area (Å²) in [5, 5.41) is 19.7. The van der Waals surface area contributed by atoms with Crippen LogP contribution in [0, 0.1) is 5.92 Å². The lowest BCUT2D eigenvalue weighted by Crippen LogP contribution is -2.46. The number of aliphatic imine (C=N–C) groups is 1. The number of piperidine rings is 1. The highest BCUT2D eigenvalue weighted by molar-refractivity contribution is 14.0. The van der Waals surface area contributed by atoms with E-state index in [0.717, 1.165) is 25.6 Å². The number of guanidine groups is 1. The highest BCUT2D eigenvalue weighted by atomic mass is 127. The minimum absolute atomic E-state index is 0. The van der Waals surface area contributed by atoms with E-state index >= 15 is 0 Å². The van der Waals surface area contributed by atoms with Crippen molar-refractivity contribution in [1.82, 2.24) is 15.5 Å². The molecule has 0 spiro atoms. The van der Waals surface area contributed by atoms with Gasteiger partial charge in [0.1, 0.15) is 0 Å². The first kappa shape index (κ1) is 23.9. The molecule has 160 valence electrons. The molecule has 1 aromatic heterocycles. The maximum absolute atomic E-state index is 10.7. The number of aliphatic hydroxyl groups is 1. The molecule has 0 amide bonds. The van der Waals surface area contributed by atoms with Crippen LogP contribution in [0.1, 0.15) is 43.5 Å². The normalized spacial score (nSPS) is 25.8. The third-order valence-corrected chi connectivity index (χ3v) is 6.62. The fraction of sp³-hybridized carbons (Fsp3) is 0.750. The summed E-state index contributed by atoms with van der Waals surface area (Å²) in [6.45, 7) is 6.59. The highest BCUT2D eigenvalue weighted by Crippen LogP contribution is 2.36. The van der Waals surface area contributed by atoms with Crippen LogP contribution < -0.4 is 10.6 Å². The summed E-state index contributed by atoms with van der Waals surface area (Å²) in [5.41, 5.74) is -0.731. The number of ether oxygens (including phenoxy) is 1. The van der Waals surface area contributed by atoms with E-state index in [1.54, 1.807) is 0 Å². The zero-order valence-electron chi connectivity index (χ0n) is 17.0. The van der Waals surface area contributed by atoms with Gasteiger partial charge in [-0.25, -0.2) is 0 Å². The molecule has 28 heavy (non-hydrogen) atoms. The van der Waals surface area contributed by atoms with Gasteiger partial charge in [0.2, 0.25) is 0 Å². The molecule has 0 aliphatic carbocycles. The van der Waals surface area contributed by atoms with Crippen molar-refractivity contribution in [2.24, 2.45) is 10.9 Å². The number of nitrogens with one attached hydrogen (secondary N) is 2. The van der Waals surface area contributed by atoms with E-state index in [9.17, 15) is 5.11 Å². The van der Waals surface area contributed by atoms with Crippen molar-refractivity contribution in [3.63, 3.8) is 0 Å². The van der Waals surface area contributed by atoms with Gasteiger partial charge in [-0.15, -0.1) is 35.3 Å². The zero-order chi connectivity index (χ0) is 19.1. The van der Waals surface area contributed by atoms with Crippen LogP contribution in [-0.2, 0) is 4.74 Å². The molecule has 2 aliphatic heterocycles. The van der Waals surface area contributed by atoms with Crippen molar-refractivity contribution in [1.29, 1.82) is 0 Å². The van der Waals surface area contributed by atoms with Crippen molar-refractivity contribution in [3.8, 4) is 0 Å². The monoisotopic (exact) mass is 522 g/mol. The SMILES string of the molecule is CCNC(=NCC1(O)CCOCC1)NCC1CCCN(C)C1c1cccs1.I. The molecule has 2 atom stereocenters. The van der Waals surface area contributed by atoms with Crippen molar-refractivity contribution in [2.75, 3.05) is 46.4 Å². The van der Waals surface area contributed by atoms with E-state index in [4.69, 9.17) is 4.74 Å². The summed E-state index contributed by atoms with van der Waals surface area (Å²) < 4.78 is 5.36. The average Bonchev–Trinajstić information content (AvgIpc) is 3.19. The van der Waals surface area contributed by atoms with Gasteiger partial charge in [-0.1, -0.05) is 6.07 Å². The van der Waals surface area contributed by atoms with E-state index in [-0.39, 0.29) is 24.0 Å². The first-order valence-corrected chi connectivity index (χ1v) is 11.1. The average molecular weight is 522 g/mol. The van der Waals surface area contributed by atoms with E-state index in [1.165, 1.54) is 17.7 Å². The summed E-state index contributed by atoms with van der Waals surface area (Å²) in [6, 6.07) is 4.87. The summed E-state index contributed by atoms with van der Waals surface area (Å²) in [7, 11) is 2.23. The second-order valence-corrected chi connectivity index (χ2v) is 8.74. The smallest absolute Gasteiger partial charge is 0.191 e. The fourth-order valence-electron chi connectivity index (χ4n) is 4.09. The summed E-state index contributed by atoms with van der Waals surface area (Å²) in [6.07, 6.45) is 3.77. The number of rotatable bonds is 6. The third-order valence-electron chi connectivity index (χ3n) is 5.67. The molecule has 3 heterocycles. The van der Waals surface area contributed by atoms with Crippen LogP contribution >= 0.6 is 35.3 Å². The molecule has 6 nitrogen and oxygen atoms in total. The minimum Gasteiger partial charge on any atom is -0.388 e. The molecule has 0 radical (unpaired) electrons. The molecule has 1 aromatic rings. The molecule has 0 bridgehead atoms. The van der Waals surface area contributed by atoms with Crippen LogP contribution in [-0.4, -0.2) is 68.0 Å². The largest absolute Gasteiger partial charge is 0.388 e. The van der Waals surface area contributed by atoms with Crippen LogP contribution in [0.5, 0.6) is 0 Å². The van der Waals surface area contributed by atoms with Crippen LogP contribution in [0.3, 0.4) is 0 Å². The maximum atomic E-state index is 10.7. The van der Waals surface area contributed by atoms with Gasteiger partial charge in [-0.3, -0.25) is 9.89 Å². The predicted molar refractivity (Wildman–Crippen MR) is 127 cm³/mol. The summed E-state index contributed by atoms with van der Waals surface area (Å²) >= 11 is 1.85. The molecule has 0 aromatic carbocycles. The molecular formula is C20H35IN4O2S. The van der Waals surface area contributed by atoms with Crippen LogP contribution in [0.15, 0.2) is 22.5 Å². The summed E-state index contributed by atoms with van der Waals surface area (Å²) in [5.74, 6) is 1.35. The maximum Gasteiger partial charge on any atom is 0.191 e. The Morgan fingerprint density at radius 1 is 1.39 bits per heavy atom. The molecule has 2 fully saturated rings. The minimum atomic E-state index is -0.731. The van der Waals surface area contributed by atoms with Crippen molar-refractivity contribution >= 4 is 41.3 Å². The van der Waals surface area contributed by atoms with Gasteiger partial charge in [-0.05, 0) is 50.7 Å². The quantitative estimate of drug-likeness (QED) is 0.305. The van der Waals surface area contributed by atoms with E-state index in [2.05, 4.69) is 52.0 Å². The third kappa shape index (κ3) is 6.55. The molecule has 3 rings (SSSR count). The van der Waals surface area contributed by atoms with Crippen LogP contribution in [0.4, 0.5) is 0 Å². The Hall–Kier alpha value is -0.420. The lowest BCUT2D eigenvalue weighted by atomic mass is 9.88. The van der Waals surface area contributed by atoms with Gasteiger partial charge in [0.25, 0.3) is 0 Å². The zero-order valence-corrected chi connectivity index (χ0v) is 20.2. The first-order valence-electron chi connectivity index (χ1n) is 10.2. The number of likely N-dealkylation sites (tertiary alicyclic amines) is 1. The second-order valence-electron chi connectivity index (χ2n) is 7.76. The van der Waals surface area contributed by atoms with Gasteiger partial charge in [0, 0.05) is 50.1 Å². The van der Waals surface area contributed by atoms with Crippen LogP contribution in [0.2, 0.25) is 0 Å². The number of hydrogen-bond donors (Lipinski definition) is 3. The Kier molecular flexibility index (Phi) is 9.96. The van der Waals surface area contributed by atoms with Crippen molar-refractivity contribution in [3.05, 3.63) is 22.4 Å². The molecule has 2 unspecified atom stereocenters. The lowest BCUT2D eigenvalue weighted by Gasteiger charge is -2.39. The molecule has 3 N–H and O–H groups in total. The number of nitrogens with zero attached hydrogens (tertiary/aromatic N) is 2. The van der Waals surface area contributed by atoms with E-state index < -0.39 is 5.60 Å². The Morgan fingerprint density at radius 2 is 2.18 bits per heavy atom. The topological polar surface area (TPSA) is 69.1 Å². The van der Waals surface area contributed by atoms with Gasteiger partial charge < -0.3 is 20.5 Å². The fourth-order valence-corrected chi connectivity index (χ4v) is 5.07. The lowest BCUT2D eigenvalue weighted by molar-refractivity contribution is -0.0566. The molecule has 8 heteroatoms. The molecule has 2 aliphatic rings. The Labute approximate surface area is 190 Å². The Balaban J connectivity index is 0.00000280. The second kappa shape index (κ2) is 11.7. The number of thiophene rings is 1. The van der Waals surface area contributed by atoms with Gasteiger partial charge in [-0.2, -0.15) is 0 Å². The molecule has 0 saturated carbocycles. The standard InChI is InChI=1S/C20H34N4O2S.HI/c1-3-21-19(23-15-20(25)8-11-26-12-9-20)22-14-16-6-4-10-24(2)18(16)17-7-5-13-27-17;/h5,7,13,16,18,25H,3-4,6,8-12,14-15H2,1-2H3,(H2,21,22,23);1H. The van der Waals surface area contributed by atoms with E-state index in [1.807, 2.05) is 11.3 Å². The molecule has 2 saturated heterocycles. The highest BCUT2D eigenvalue weighted by Gasteiger charge is 2.32. The summed E-state index contributed by atoms with van der Waals surface area (Å²) in [4.78, 5) is 8.61. The van der Waals surface area contributed by atoms with Crippen molar-refractivity contribution < 1.29 is 9.84 Å². The number of halogens is 1. The van der Waals surface area contributed by atoms with Gasteiger partial charge >= 0.3 is 0 Å². The Morgan fingerprint density at radius 3 is 2.86 bits per heavy atom. The van der Waals surface area contributed by atoms with Crippen molar-refractivity contribution in [2.45, 2.75) is 44.2 Å².